The molecule has 1 aromatic heterocycles. The fraction of sp³-hybridized carbons (Fsp3) is 0.0233. The maximum Gasteiger partial charge on any atom is 0.103 e. The van der Waals surface area contributed by atoms with Crippen LogP contribution < -0.4 is 10.2 Å². The molecule has 7 aromatic carbocycles. The molecule has 0 amide bonds. The lowest BCUT2D eigenvalue weighted by atomic mass is 10.00. The molecule has 0 saturated carbocycles. The molecule has 0 bridgehead atoms. The van der Waals surface area contributed by atoms with Crippen molar-refractivity contribution >= 4 is 66.0 Å². The van der Waals surface area contributed by atoms with Crippen molar-refractivity contribution in [1.29, 1.82) is 0 Å². The van der Waals surface area contributed by atoms with E-state index in [2.05, 4.69) is 180 Å². The minimum Gasteiger partial charge on any atom is -0.368 e. The zero-order chi connectivity index (χ0) is 31.2. The van der Waals surface area contributed by atoms with Crippen molar-refractivity contribution in [2.45, 2.75) is 10.3 Å². The summed E-state index contributed by atoms with van der Waals surface area (Å²) in [6.07, 6.45) is 0. The van der Waals surface area contributed by atoms with Crippen LogP contribution in [0, 0.1) is 0 Å². The minimum absolute atomic E-state index is 0.224. The normalized spacial score (nSPS) is 13.8. The molecule has 2 heterocycles. The molecule has 224 valence electrons. The van der Waals surface area contributed by atoms with Gasteiger partial charge in [-0.25, -0.2) is 0 Å². The third kappa shape index (κ3) is 5.16. The Morgan fingerprint density at radius 2 is 1.06 bits per heavy atom. The monoisotopic (exact) mass is 638 g/mol. The number of benzene rings is 7. The van der Waals surface area contributed by atoms with Crippen LogP contribution in [-0.4, -0.2) is 0 Å². The SMILES string of the molecule is c1ccc(-c2ccc(-c3ccc(N(c4ccccc4)c4cccc5sc6cc7c(cc6c45)SC(c4ccccc4)N7)cc3)cc2)cc1. The smallest absolute Gasteiger partial charge is 0.103 e. The number of nitrogens with one attached hydrogen (secondary N) is 1. The van der Waals surface area contributed by atoms with Crippen LogP contribution in [-0.2, 0) is 0 Å². The lowest BCUT2D eigenvalue weighted by molar-refractivity contribution is 1.14. The van der Waals surface area contributed by atoms with Crippen molar-refractivity contribution in [3.63, 3.8) is 0 Å². The highest BCUT2D eigenvalue weighted by molar-refractivity contribution is 8.00. The molecule has 0 saturated heterocycles. The lowest BCUT2D eigenvalue weighted by Crippen LogP contribution is -2.10. The summed E-state index contributed by atoms with van der Waals surface area (Å²) in [5.41, 5.74) is 10.9. The van der Waals surface area contributed by atoms with Gasteiger partial charge in [0.25, 0.3) is 0 Å². The van der Waals surface area contributed by atoms with Gasteiger partial charge >= 0.3 is 0 Å². The Morgan fingerprint density at radius 1 is 0.489 bits per heavy atom. The molecule has 4 heteroatoms. The first-order chi connectivity index (χ1) is 23.3. The molecule has 9 rings (SSSR count). The molecule has 1 atom stereocenters. The van der Waals surface area contributed by atoms with Crippen molar-refractivity contribution in [2.75, 3.05) is 10.2 Å². The second kappa shape index (κ2) is 11.8. The molecule has 2 nitrogen and oxygen atoms in total. The van der Waals surface area contributed by atoms with Crippen molar-refractivity contribution in [3.05, 3.63) is 175 Å². The van der Waals surface area contributed by atoms with Crippen LogP contribution in [0.25, 0.3) is 42.4 Å². The van der Waals surface area contributed by atoms with E-state index in [9.17, 15) is 0 Å². The van der Waals surface area contributed by atoms with Crippen LogP contribution in [0.1, 0.15) is 10.9 Å². The average Bonchev–Trinajstić information content (AvgIpc) is 3.73. The lowest BCUT2D eigenvalue weighted by Gasteiger charge is -2.26. The highest BCUT2D eigenvalue weighted by atomic mass is 32.2. The molecule has 47 heavy (non-hydrogen) atoms. The maximum absolute atomic E-state index is 3.77. The fourth-order valence-electron chi connectivity index (χ4n) is 6.60. The number of hydrogen-bond donors (Lipinski definition) is 1. The third-order valence-electron chi connectivity index (χ3n) is 8.92. The van der Waals surface area contributed by atoms with Crippen LogP contribution in [0.15, 0.2) is 175 Å². The van der Waals surface area contributed by atoms with Gasteiger partial charge < -0.3 is 10.2 Å². The molecule has 1 unspecified atom stereocenters. The average molecular weight is 639 g/mol. The summed E-state index contributed by atoms with van der Waals surface area (Å²) in [5.74, 6) is 0. The van der Waals surface area contributed by atoms with Crippen molar-refractivity contribution in [2.24, 2.45) is 0 Å². The summed E-state index contributed by atoms with van der Waals surface area (Å²) >= 11 is 3.77. The van der Waals surface area contributed by atoms with Crippen molar-refractivity contribution in [3.8, 4) is 22.3 Å². The van der Waals surface area contributed by atoms with Gasteiger partial charge in [0.2, 0.25) is 0 Å². The first kappa shape index (κ1) is 28.0. The molecule has 1 aliphatic heterocycles. The zero-order valence-electron chi connectivity index (χ0n) is 25.5. The van der Waals surface area contributed by atoms with E-state index in [0.717, 1.165) is 11.4 Å². The summed E-state index contributed by atoms with van der Waals surface area (Å²) in [6, 6.07) is 61.3. The van der Waals surface area contributed by atoms with Gasteiger partial charge in [0.05, 0.1) is 11.4 Å². The molecular formula is C43H30N2S2. The van der Waals surface area contributed by atoms with Gasteiger partial charge in [-0.15, -0.1) is 11.3 Å². The van der Waals surface area contributed by atoms with Crippen molar-refractivity contribution < 1.29 is 0 Å². The number of hydrogen-bond acceptors (Lipinski definition) is 4. The number of para-hydroxylation sites is 1. The van der Waals surface area contributed by atoms with E-state index in [1.807, 2.05) is 23.1 Å². The van der Waals surface area contributed by atoms with E-state index in [4.69, 9.17) is 0 Å². The fourth-order valence-corrected chi connectivity index (χ4v) is 8.91. The van der Waals surface area contributed by atoms with Gasteiger partial charge in [-0.1, -0.05) is 133 Å². The number of fused-ring (bicyclic) bond motifs is 4. The van der Waals surface area contributed by atoms with E-state index >= 15 is 0 Å². The van der Waals surface area contributed by atoms with Gasteiger partial charge in [0.1, 0.15) is 5.37 Å². The predicted molar refractivity (Wildman–Crippen MR) is 204 cm³/mol. The Bertz CT molecular complexity index is 2330. The molecule has 0 aliphatic carbocycles. The van der Waals surface area contributed by atoms with E-state index in [0.29, 0.717) is 0 Å². The number of anilines is 4. The number of thioether (sulfide) groups is 1. The highest BCUT2D eigenvalue weighted by Crippen LogP contribution is 2.52. The Hall–Kier alpha value is -5.29. The minimum atomic E-state index is 0.224. The van der Waals surface area contributed by atoms with E-state index in [-0.39, 0.29) is 5.37 Å². The molecule has 1 aliphatic rings. The number of rotatable bonds is 6. The summed E-state index contributed by atoms with van der Waals surface area (Å²) in [5, 5.41) is 6.59. The Labute approximate surface area is 283 Å². The molecule has 0 spiro atoms. The van der Waals surface area contributed by atoms with Crippen LogP contribution in [0.5, 0.6) is 0 Å². The van der Waals surface area contributed by atoms with Gasteiger partial charge in [-0.05, 0) is 76.3 Å². The Morgan fingerprint density at radius 3 is 1.74 bits per heavy atom. The Balaban J connectivity index is 1.11. The third-order valence-corrected chi connectivity index (χ3v) is 11.3. The molecule has 0 fully saturated rings. The quantitative estimate of drug-likeness (QED) is 0.195. The van der Waals surface area contributed by atoms with Crippen molar-refractivity contribution in [1.82, 2.24) is 0 Å². The van der Waals surface area contributed by atoms with Crippen LogP contribution in [0.4, 0.5) is 22.7 Å². The highest BCUT2D eigenvalue weighted by Gasteiger charge is 2.25. The van der Waals surface area contributed by atoms with Crippen LogP contribution in [0.3, 0.4) is 0 Å². The van der Waals surface area contributed by atoms with E-state index in [1.54, 1.807) is 0 Å². The van der Waals surface area contributed by atoms with Gasteiger partial charge in [-0.2, -0.15) is 0 Å². The molecule has 1 N–H and O–H groups in total. The van der Waals surface area contributed by atoms with Gasteiger partial charge in [-0.3, -0.25) is 0 Å². The van der Waals surface area contributed by atoms with E-state index < -0.39 is 0 Å². The topological polar surface area (TPSA) is 15.3 Å². The molecular weight excluding hydrogens is 609 g/mol. The standard InChI is InChI=1S/C43H30N2S2/c1-4-11-29(12-5-1)30-19-21-31(22-20-30)32-23-25-35(26-24-32)45(34-15-8-3-9-16-34)38-17-10-18-39-42(38)36-27-41-37(28-40(36)46-39)44-43(47-41)33-13-6-2-7-14-33/h1-28,43-44H. The summed E-state index contributed by atoms with van der Waals surface area (Å²) in [6.45, 7) is 0. The largest absolute Gasteiger partial charge is 0.368 e. The van der Waals surface area contributed by atoms with Gasteiger partial charge in [0, 0.05) is 36.4 Å². The summed E-state index contributed by atoms with van der Waals surface area (Å²) < 4.78 is 2.59. The van der Waals surface area contributed by atoms with Crippen LogP contribution >= 0.6 is 23.1 Å². The maximum atomic E-state index is 3.77. The molecule has 0 radical (unpaired) electrons. The first-order valence-electron chi connectivity index (χ1n) is 15.9. The summed E-state index contributed by atoms with van der Waals surface area (Å²) in [7, 11) is 0. The summed E-state index contributed by atoms with van der Waals surface area (Å²) in [4.78, 5) is 3.71. The Kier molecular flexibility index (Phi) is 7.03. The second-order valence-corrected chi connectivity index (χ2v) is 14.0. The van der Waals surface area contributed by atoms with Gasteiger partial charge in [0.15, 0.2) is 0 Å². The van der Waals surface area contributed by atoms with Crippen LogP contribution in [0.2, 0.25) is 0 Å². The van der Waals surface area contributed by atoms with E-state index in [1.165, 1.54) is 64.3 Å². The number of nitrogens with zero attached hydrogens (tertiary/aromatic N) is 1. The molecule has 8 aromatic rings. The zero-order valence-corrected chi connectivity index (χ0v) is 27.1. The second-order valence-electron chi connectivity index (χ2n) is 11.8. The predicted octanol–water partition coefficient (Wildman–Crippen LogP) is 13.1. The number of thiophene rings is 1. The first-order valence-corrected chi connectivity index (χ1v) is 17.6.